The van der Waals surface area contributed by atoms with Crippen LogP contribution in [0.3, 0.4) is 0 Å². The van der Waals surface area contributed by atoms with Crippen LogP contribution in [0.15, 0.2) is 73.3 Å². The summed E-state index contributed by atoms with van der Waals surface area (Å²) in [5, 5.41) is 0. The number of imidazole rings is 1. The highest BCUT2D eigenvalue weighted by molar-refractivity contribution is 7.92. The molecule has 0 saturated heterocycles. The number of aryl methyl sites for hydroxylation is 2. The Morgan fingerprint density at radius 2 is 1.30 bits per heavy atom. The van der Waals surface area contributed by atoms with Gasteiger partial charge in [-0.15, -0.1) is 24.0 Å². The van der Waals surface area contributed by atoms with E-state index in [0.717, 1.165) is 18.3 Å². The fraction of sp³-hybridized carbons (Fsp3) is 0.321. The Labute approximate surface area is 270 Å². The third-order valence-electron chi connectivity index (χ3n) is 6.09. The summed E-state index contributed by atoms with van der Waals surface area (Å²) in [6.45, 7) is 4.28. The molecule has 0 aliphatic carbocycles. The second kappa shape index (κ2) is 17.0. The summed E-state index contributed by atoms with van der Waals surface area (Å²) < 4.78 is 50.6. The molecule has 1 aliphatic rings. The molecule has 1 aliphatic heterocycles. The van der Waals surface area contributed by atoms with E-state index >= 15 is 0 Å². The molecule has 2 heterocycles. The molecule has 2 aromatic carbocycles. The smallest absolute Gasteiger partial charge is 0.229 e. The number of hydrogen-bond donors (Lipinski definition) is 2. The van der Waals surface area contributed by atoms with E-state index in [4.69, 9.17) is 11.6 Å². The minimum absolute atomic E-state index is 0. The first-order valence-corrected chi connectivity index (χ1v) is 17.2. The van der Waals surface area contributed by atoms with E-state index in [1.54, 1.807) is 30.5 Å². The third-order valence-corrected chi connectivity index (χ3v) is 7.55. The number of carbonyl (C=O) groups excluding carboxylic acids is 2. The second-order valence-corrected chi connectivity index (χ2v) is 13.5. The van der Waals surface area contributed by atoms with Crippen LogP contribution in [0, 0.1) is 6.92 Å². The van der Waals surface area contributed by atoms with Crippen molar-refractivity contribution >= 4 is 67.0 Å². The fourth-order valence-corrected chi connectivity index (χ4v) is 4.79. The Kier molecular flexibility index (Phi) is 14.9. The predicted octanol–water partition coefficient (Wildman–Crippen LogP) is 3.94. The Morgan fingerprint density at radius 1 is 0.841 bits per heavy atom. The normalized spacial score (nSPS) is 13.9. The zero-order chi connectivity index (χ0) is 32.4. The van der Waals surface area contributed by atoms with Crippen LogP contribution in [0.25, 0.3) is 0 Å². The fourth-order valence-electron chi connectivity index (χ4n) is 3.51. The number of ketones is 2. The number of benzene rings is 2. The first-order valence-electron chi connectivity index (χ1n) is 12.9. The molecule has 3 aromatic rings. The van der Waals surface area contributed by atoms with Gasteiger partial charge in [-0.3, -0.25) is 19.0 Å². The Hall–Kier alpha value is -3.59. The molecule has 0 fully saturated rings. The van der Waals surface area contributed by atoms with E-state index in [-0.39, 0.29) is 36.0 Å². The number of nitrogens with one attached hydrogen (secondary N) is 2. The van der Waals surface area contributed by atoms with Crippen molar-refractivity contribution in [3.63, 3.8) is 0 Å². The number of alkyl halides is 1. The standard InChI is InChI=1S/C14H19N3O3S.C9H10ClNO3S.C5H8N2.ClH/c1-11-16(2)8-9-17(11)10-14(18)12-4-6-13(7-5-12)15-21(3,19)20;1-15(13,14)11-8-4-2-7(3-5-8)9(12)6-10;1-5-6-3-4-7(5)2;/h4-9,11,15H,10H2,1-3H3;2-5,11H,6H2,1H3;3-4H,1-2H3;1H. The molecule has 44 heavy (non-hydrogen) atoms. The van der Waals surface area contributed by atoms with E-state index in [1.165, 1.54) is 24.3 Å². The largest absolute Gasteiger partial charge is 0.359 e. The average Bonchev–Trinajstić information content (AvgIpc) is 3.46. The number of rotatable bonds is 9. The van der Waals surface area contributed by atoms with E-state index in [2.05, 4.69) is 14.4 Å². The van der Waals surface area contributed by atoms with Gasteiger partial charge in [0.2, 0.25) is 20.0 Å². The van der Waals surface area contributed by atoms with Crippen molar-refractivity contribution in [1.82, 2.24) is 19.4 Å². The van der Waals surface area contributed by atoms with Gasteiger partial charge in [-0.2, -0.15) is 0 Å². The van der Waals surface area contributed by atoms with Crippen LogP contribution in [0.5, 0.6) is 0 Å². The summed E-state index contributed by atoms with van der Waals surface area (Å²) in [5.74, 6) is 0.772. The van der Waals surface area contributed by atoms with Crippen molar-refractivity contribution in [2.24, 2.45) is 7.05 Å². The topological polar surface area (TPSA) is 151 Å². The van der Waals surface area contributed by atoms with E-state index < -0.39 is 20.0 Å². The lowest BCUT2D eigenvalue weighted by molar-refractivity contribution is 0.0911. The first kappa shape index (κ1) is 38.4. The van der Waals surface area contributed by atoms with Crippen LogP contribution < -0.4 is 9.44 Å². The lowest BCUT2D eigenvalue weighted by Crippen LogP contribution is -2.36. The Morgan fingerprint density at radius 3 is 1.59 bits per heavy atom. The van der Waals surface area contributed by atoms with Gasteiger partial charge in [0.25, 0.3) is 0 Å². The number of carbonyl (C=O) groups is 2. The maximum absolute atomic E-state index is 12.2. The number of aromatic nitrogens is 2. The summed E-state index contributed by atoms with van der Waals surface area (Å²) in [5.41, 5.74) is 1.89. The molecular formula is C28H38Cl2N6O6S2. The lowest BCUT2D eigenvalue weighted by atomic mass is 10.1. The molecular weight excluding hydrogens is 651 g/mol. The van der Waals surface area contributed by atoms with Crippen molar-refractivity contribution in [3.8, 4) is 0 Å². The highest BCUT2D eigenvalue weighted by Gasteiger charge is 2.21. The second-order valence-electron chi connectivity index (χ2n) is 9.74. The van der Waals surface area contributed by atoms with Gasteiger partial charge in [0.1, 0.15) is 5.82 Å². The van der Waals surface area contributed by atoms with Gasteiger partial charge in [-0.05, 0) is 62.4 Å². The monoisotopic (exact) mass is 688 g/mol. The van der Waals surface area contributed by atoms with Crippen LogP contribution in [0.4, 0.5) is 11.4 Å². The van der Waals surface area contributed by atoms with Crippen LogP contribution in [0.2, 0.25) is 0 Å². The number of anilines is 2. The number of hydrogen-bond acceptors (Lipinski definition) is 9. The third kappa shape index (κ3) is 13.4. The quantitative estimate of drug-likeness (QED) is 0.252. The summed E-state index contributed by atoms with van der Waals surface area (Å²) in [4.78, 5) is 31.3. The van der Waals surface area contributed by atoms with Crippen molar-refractivity contribution < 1.29 is 26.4 Å². The molecule has 1 unspecified atom stereocenters. The molecule has 242 valence electrons. The average molecular weight is 690 g/mol. The maximum atomic E-state index is 12.2. The number of nitrogens with zero attached hydrogens (tertiary/aromatic N) is 4. The van der Waals surface area contributed by atoms with Gasteiger partial charge in [-0.1, -0.05) is 0 Å². The molecule has 0 spiro atoms. The molecule has 1 aromatic heterocycles. The van der Waals surface area contributed by atoms with E-state index in [9.17, 15) is 26.4 Å². The minimum Gasteiger partial charge on any atom is -0.359 e. The molecule has 0 saturated carbocycles. The van der Waals surface area contributed by atoms with Crippen LogP contribution >= 0.6 is 24.0 Å². The first-order chi connectivity index (χ1) is 20.0. The summed E-state index contributed by atoms with van der Waals surface area (Å²) in [6, 6.07) is 12.5. The zero-order valence-electron chi connectivity index (χ0n) is 25.3. The lowest BCUT2D eigenvalue weighted by Gasteiger charge is -2.26. The van der Waals surface area contributed by atoms with Gasteiger partial charge in [-0.25, -0.2) is 21.8 Å². The van der Waals surface area contributed by atoms with Gasteiger partial charge in [0.15, 0.2) is 11.6 Å². The van der Waals surface area contributed by atoms with E-state index in [0.29, 0.717) is 29.0 Å². The van der Waals surface area contributed by atoms with E-state index in [1.807, 2.05) is 60.9 Å². The van der Waals surface area contributed by atoms with Crippen molar-refractivity contribution in [1.29, 1.82) is 0 Å². The maximum Gasteiger partial charge on any atom is 0.229 e. The van der Waals surface area contributed by atoms with Gasteiger partial charge in [0.05, 0.1) is 31.1 Å². The molecule has 0 amide bonds. The zero-order valence-corrected chi connectivity index (χ0v) is 28.5. The SMILES string of the molecule is CC1N(C)C=CN1CC(=O)c1ccc(NS(C)(=O)=O)cc1.CS(=O)(=O)Nc1ccc(C(=O)CCl)cc1.Cc1nccn1C.Cl. The minimum atomic E-state index is -3.30. The van der Waals surface area contributed by atoms with Gasteiger partial charge in [0, 0.05) is 61.4 Å². The van der Waals surface area contributed by atoms with Crippen LogP contribution in [-0.4, -0.2) is 85.9 Å². The molecule has 1 atom stereocenters. The van der Waals surface area contributed by atoms with Crippen LogP contribution in [-0.2, 0) is 27.1 Å². The molecule has 12 nitrogen and oxygen atoms in total. The van der Waals surface area contributed by atoms with Gasteiger partial charge < -0.3 is 14.4 Å². The number of sulfonamides is 2. The number of Topliss-reactive ketones (excluding diaryl/α,β-unsaturated/α-hetero) is 2. The van der Waals surface area contributed by atoms with Gasteiger partial charge >= 0.3 is 0 Å². The van der Waals surface area contributed by atoms with Crippen molar-refractivity contribution in [3.05, 3.63) is 90.3 Å². The predicted molar refractivity (Wildman–Crippen MR) is 177 cm³/mol. The Bertz CT molecular complexity index is 1610. The highest BCUT2D eigenvalue weighted by atomic mass is 35.5. The summed E-state index contributed by atoms with van der Waals surface area (Å²) in [6.07, 6.45) is 9.83. The molecule has 0 radical (unpaired) electrons. The van der Waals surface area contributed by atoms with Crippen molar-refractivity contribution in [2.45, 2.75) is 20.0 Å². The van der Waals surface area contributed by atoms with Crippen LogP contribution in [0.1, 0.15) is 33.5 Å². The molecule has 0 bridgehead atoms. The summed E-state index contributed by atoms with van der Waals surface area (Å²) >= 11 is 5.37. The molecule has 16 heteroatoms. The van der Waals surface area contributed by atoms with Crippen molar-refractivity contribution in [2.75, 3.05) is 41.4 Å². The molecule has 2 N–H and O–H groups in total. The highest BCUT2D eigenvalue weighted by Crippen LogP contribution is 2.16. The molecule has 4 rings (SSSR count). The summed E-state index contributed by atoms with van der Waals surface area (Å²) in [7, 11) is -2.65. The Balaban J connectivity index is 0.000000366. The number of halogens is 2.